The number of halogens is 1. The van der Waals surface area contributed by atoms with Crippen molar-refractivity contribution in [3.8, 4) is 11.5 Å². The summed E-state index contributed by atoms with van der Waals surface area (Å²) < 4.78 is 25.5. The van der Waals surface area contributed by atoms with Crippen LogP contribution < -0.4 is 20.1 Å². The molecule has 0 unspecified atom stereocenters. The Kier molecular flexibility index (Phi) is 8.88. The van der Waals surface area contributed by atoms with Crippen LogP contribution in [0, 0.1) is 13.8 Å². The molecule has 1 aliphatic heterocycles. The first-order valence-corrected chi connectivity index (χ1v) is 12.9. The zero-order valence-electron chi connectivity index (χ0n) is 22.6. The molecular weight excluding hydrogens is 517 g/mol. The van der Waals surface area contributed by atoms with Crippen LogP contribution in [0.15, 0.2) is 60.7 Å². The first-order valence-electron chi connectivity index (χ1n) is 12.9. The van der Waals surface area contributed by atoms with Crippen molar-refractivity contribution in [1.82, 2.24) is 4.90 Å². The number of methoxy groups -OCH3 is 1. The van der Waals surface area contributed by atoms with Gasteiger partial charge in [-0.15, -0.1) is 0 Å². The third kappa shape index (κ3) is 6.88. The molecule has 1 saturated heterocycles. The average Bonchev–Trinajstić information content (AvgIpc) is 3.31. The van der Waals surface area contributed by atoms with Crippen molar-refractivity contribution < 1.29 is 33.4 Å². The second-order valence-corrected chi connectivity index (χ2v) is 9.73. The second kappa shape index (κ2) is 12.5. The van der Waals surface area contributed by atoms with E-state index in [0.29, 0.717) is 22.7 Å². The minimum Gasteiger partial charge on any atom is -0.495 e. The van der Waals surface area contributed by atoms with Crippen LogP contribution in [-0.4, -0.2) is 60.4 Å². The molecule has 3 aromatic carbocycles. The van der Waals surface area contributed by atoms with Gasteiger partial charge < -0.3 is 30.1 Å². The number of carboxylic acid groups (broad SMARTS) is 1. The van der Waals surface area contributed by atoms with Crippen molar-refractivity contribution >= 4 is 29.3 Å². The second-order valence-electron chi connectivity index (χ2n) is 9.73. The van der Waals surface area contributed by atoms with E-state index in [4.69, 9.17) is 14.6 Å². The lowest BCUT2D eigenvalue weighted by Crippen LogP contribution is -2.40. The molecular formula is C30H32FN3O6. The number of aromatic carboxylic acids is 1. The van der Waals surface area contributed by atoms with Gasteiger partial charge >= 0.3 is 12.0 Å². The Balaban J connectivity index is 1.38. The summed E-state index contributed by atoms with van der Waals surface area (Å²) >= 11 is 0. The number of ether oxygens (including phenoxy) is 2. The first kappa shape index (κ1) is 28.4. The van der Waals surface area contributed by atoms with E-state index in [0.717, 1.165) is 16.8 Å². The molecule has 0 saturated carbocycles. The Bertz CT molecular complexity index is 1370. The summed E-state index contributed by atoms with van der Waals surface area (Å²) in [6.07, 6.45) is -0.994. The third-order valence-corrected chi connectivity index (χ3v) is 6.82. The Morgan fingerprint density at radius 1 is 1.02 bits per heavy atom. The number of carbonyl (C=O) groups excluding carboxylic acids is 2. The number of aryl methyl sites for hydroxylation is 2. The molecule has 0 bridgehead atoms. The molecule has 3 aromatic rings. The van der Waals surface area contributed by atoms with Gasteiger partial charge in [-0.1, -0.05) is 24.3 Å². The number of alkyl halides is 1. The van der Waals surface area contributed by atoms with Crippen LogP contribution in [0.1, 0.15) is 33.5 Å². The van der Waals surface area contributed by atoms with E-state index in [-0.39, 0.29) is 37.5 Å². The molecule has 0 aromatic heterocycles. The molecule has 1 aliphatic rings. The first-order chi connectivity index (χ1) is 19.1. The third-order valence-electron chi connectivity index (χ3n) is 6.82. The maximum Gasteiger partial charge on any atom is 0.335 e. The number of para-hydroxylation sites is 1. The molecule has 9 nitrogen and oxygen atoms in total. The molecule has 1 heterocycles. The molecule has 3 amide bonds. The van der Waals surface area contributed by atoms with Gasteiger partial charge in [-0.3, -0.25) is 4.79 Å². The van der Waals surface area contributed by atoms with Crippen molar-refractivity contribution in [3.05, 3.63) is 82.9 Å². The fourth-order valence-corrected chi connectivity index (χ4v) is 4.71. The monoisotopic (exact) mass is 549 g/mol. The molecule has 2 atom stereocenters. The van der Waals surface area contributed by atoms with Crippen LogP contribution in [0.2, 0.25) is 0 Å². The topological polar surface area (TPSA) is 117 Å². The standard InChI is InChI=1S/C30H32FN3O6/c1-18-5-4-6-19(2)28(18)33-30(38)32-25-12-7-20(13-26(25)39-3)14-27(35)34-16-22(31)15-23(34)17-40-24-10-8-21(9-11-24)29(36)37/h4-13,22-23H,14-17H2,1-3H3,(H,36,37)(H2,32,33,38)/t22-,23+/m1/s1. The number of nitrogens with zero attached hydrogens (tertiary/aromatic N) is 1. The lowest BCUT2D eigenvalue weighted by molar-refractivity contribution is -0.132. The summed E-state index contributed by atoms with van der Waals surface area (Å²) in [6.45, 7) is 3.88. The zero-order valence-corrected chi connectivity index (χ0v) is 22.6. The highest BCUT2D eigenvalue weighted by atomic mass is 19.1. The number of amides is 3. The van der Waals surface area contributed by atoms with E-state index in [1.807, 2.05) is 32.0 Å². The molecule has 10 heteroatoms. The van der Waals surface area contributed by atoms with Gasteiger partial charge in [0.2, 0.25) is 5.91 Å². The molecule has 1 fully saturated rings. The number of anilines is 2. The number of carbonyl (C=O) groups is 3. The van der Waals surface area contributed by atoms with Gasteiger partial charge in [0.15, 0.2) is 0 Å². The summed E-state index contributed by atoms with van der Waals surface area (Å²) in [6, 6.07) is 15.8. The van der Waals surface area contributed by atoms with E-state index in [1.54, 1.807) is 18.2 Å². The maximum atomic E-state index is 14.3. The molecule has 0 spiro atoms. The van der Waals surface area contributed by atoms with Gasteiger partial charge in [-0.2, -0.15) is 0 Å². The molecule has 40 heavy (non-hydrogen) atoms. The zero-order chi connectivity index (χ0) is 28.8. The predicted octanol–water partition coefficient (Wildman–Crippen LogP) is 5.21. The van der Waals surface area contributed by atoms with E-state index in [9.17, 15) is 18.8 Å². The molecule has 4 rings (SSSR count). The van der Waals surface area contributed by atoms with Gasteiger partial charge in [0.1, 0.15) is 24.3 Å². The van der Waals surface area contributed by atoms with E-state index < -0.39 is 24.2 Å². The van der Waals surface area contributed by atoms with Crippen LogP contribution in [0.5, 0.6) is 11.5 Å². The summed E-state index contributed by atoms with van der Waals surface area (Å²) in [4.78, 5) is 38.3. The van der Waals surface area contributed by atoms with Crippen molar-refractivity contribution in [2.75, 3.05) is 30.9 Å². The van der Waals surface area contributed by atoms with Crippen LogP contribution >= 0.6 is 0 Å². The quantitative estimate of drug-likeness (QED) is 0.337. The number of rotatable bonds is 9. The van der Waals surface area contributed by atoms with Crippen molar-refractivity contribution in [2.45, 2.75) is 38.9 Å². The van der Waals surface area contributed by atoms with Gasteiger partial charge in [-0.25, -0.2) is 14.0 Å². The number of hydrogen-bond donors (Lipinski definition) is 3. The number of urea groups is 1. The van der Waals surface area contributed by atoms with Gasteiger partial charge in [-0.05, 0) is 66.9 Å². The lowest BCUT2D eigenvalue weighted by atomic mass is 10.1. The minimum absolute atomic E-state index is 0.0156. The predicted molar refractivity (Wildman–Crippen MR) is 149 cm³/mol. The summed E-state index contributed by atoms with van der Waals surface area (Å²) in [7, 11) is 1.47. The summed E-state index contributed by atoms with van der Waals surface area (Å²) in [5.41, 5.74) is 3.82. The van der Waals surface area contributed by atoms with Gasteiger partial charge in [0, 0.05) is 12.1 Å². The number of likely N-dealkylation sites (tertiary alicyclic amines) is 1. The Labute approximate surface area is 231 Å². The Morgan fingerprint density at radius 2 is 1.73 bits per heavy atom. The number of nitrogens with one attached hydrogen (secondary N) is 2. The van der Waals surface area contributed by atoms with Crippen LogP contribution in [-0.2, 0) is 11.2 Å². The highest BCUT2D eigenvalue weighted by molar-refractivity contribution is 6.01. The lowest BCUT2D eigenvalue weighted by Gasteiger charge is -2.24. The van der Waals surface area contributed by atoms with E-state index >= 15 is 0 Å². The highest BCUT2D eigenvalue weighted by Gasteiger charge is 2.35. The van der Waals surface area contributed by atoms with Crippen LogP contribution in [0.3, 0.4) is 0 Å². The Hall–Kier alpha value is -4.60. The molecule has 3 N–H and O–H groups in total. The van der Waals surface area contributed by atoms with Gasteiger partial charge in [0.05, 0.1) is 37.4 Å². The van der Waals surface area contributed by atoms with Crippen molar-refractivity contribution in [3.63, 3.8) is 0 Å². The Morgan fingerprint density at radius 3 is 2.38 bits per heavy atom. The minimum atomic E-state index is -1.16. The van der Waals surface area contributed by atoms with Gasteiger partial charge in [0.25, 0.3) is 0 Å². The molecule has 210 valence electrons. The SMILES string of the molecule is COc1cc(CC(=O)N2C[C@H](F)C[C@H]2COc2ccc(C(=O)O)cc2)ccc1NC(=O)Nc1c(C)cccc1C. The van der Waals surface area contributed by atoms with E-state index in [2.05, 4.69) is 10.6 Å². The highest BCUT2D eigenvalue weighted by Crippen LogP contribution is 2.28. The number of hydrogen-bond acceptors (Lipinski definition) is 5. The fraction of sp³-hybridized carbons (Fsp3) is 0.300. The number of benzene rings is 3. The van der Waals surface area contributed by atoms with E-state index in [1.165, 1.54) is 36.3 Å². The average molecular weight is 550 g/mol. The normalized spacial score (nSPS) is 16.4. The summed E-state index contributed by atoms with van der Waals surface area (Å²) in [5, 5.41) is 14.7. The summed E-state index contributed by atoms with van der Waals surface area (Å²) in [5.74, 6) is -0.475. The molecule has 0 aliphatic carbocycles. The smallest absolute Gasteiger partial charge is 0.335 e. The van der Waals surface area contributed by atoms with Crippen molar-refractivity contribution in [2.24, 2.45) is 0 Å². The van der Waals surface area contributed by atoms with Crippen LogP contribution in [0.4, 0.5) is 20.6 Å². The maximum absolute atomic E-state index is 14.3. The number of carboxylic acids is 1. The van der Waals surface area contributed by atoms with Crippen molar-refractivity contribution in [1.29, 1.82) is 0 Å². The van der Waals surface area contributed by atoms with Crippen LogP contribution in [0.25, 0.3) is 0 Å². The largest absolute Gasteiger partial charge is 0.495 e. The molecule has 0 radical (unpaired) electrons. The fourth-order valence-electron chi connectivity index (χ4n) is 4.71.